The summed E-state index contributed by atoms with van der Waals surface area (Å²) in [7, 11) is 1.71. The van der Waals surface area contributed by atoms with Gasteiger partial charge in [0.25, 0.3) is 0 Å². The molecule has 0 aliphatic rings. The largest absolute Gasteiger partial charge is 0.466 e. The smallest absolute Gasteiger partial charge is 0.306 e. The molecule has 0 bridgehead atoms. The predicted octanol–water partition coefficient (Wildman–Crippen LogP) is 4.67. The van der Waals surface area contributed by atoms with E-state index in [4.69, 9.17) is 14.2 Å². The average Bonchev–Trinajstić information content (AvgIpc) is 2.61. The van der Waals surface area contributed by atoms with Crippen molar-refractivity contribution < 1.29 is 23.8 Å². The fourth-order valence-corrected chi connectivity index (χ4v) is 2.61. The molecule has 25 heavy (non-hydrogen) atoms. The van der Waals surface area contributed by atoms with Crippen LogP contribution in [0.5, 0.6) is 0 Å². The Labute approximate surface area is 153 Å². The summed E-state index contributed by atoms with van der Waals surface area (Å²) in [4.78, 5) is 23.3. The van der Waals surface area contributed by atoms with Gasteiger partial charge in [0, 0.05) is 13.7 Å². The number of carbonyl (C=O) groups is 2. The Kier molecular flexibility index (Phi) is 16.9. The minimum atomic E-state index is -0.316. The van der Waals surface area contributed by atoms with E-state index in [1.807, 2.05) is 0 Å². The van der Waals surface area contributed by atoms with E-state index in [1.165, 1.54) is 12.8 Å². The summed E-state index contributed by atoms with van der Waals surface area (Å²) in [6.07, 6.45) is 9.85. The summed E-state index contributed by atoms with van der Waals surface area (Å²) >= 11 is 0. The van der Waals surface area contributed by atoms with Gasteiger partial charge in [0.2, 0.25) is 0 Å². The first-order valence-electron chi connectivity index (χ1n) is 9.94. The zero-order valence-corrected chi connectivity index (χ0v) is 16.5. The van der Waals surface area contributed by atoms with Crippen LogP contribution >= 0.6 is 0 Å². The molecular weight excluding hydrogens is 320 g/mol. The summed E-state index contributed by atoms with van der Waals surface area (Å²) in [5.74, 6) is -0.0981. The number of hydrogen-bond acceptors (Lipinski definition) is 5. The number of methoxy groups -OCH3 is 1. The van der Waals surface area contributed by atoms with E-state index in [-0.39, 0.29) is 24.8 Å². The van der Waals surface area contributed by atoms with Gasteiger partial charge in [-0.15, -0.1) is 0 Å². The molecule has 0 heterocycles. The summed E-state index contributed by atoms with van der Waals surface area (Å²) in [6, 6.07) is 0. The SMILES string of the molecule is CCCCCCOC(=O)CCC(=O)OCCC(CCCC)CCOC. The zero-order chi connectivity index (χ0) is 18.8. The van der Waals surface area contributed by atoms with E-state index >= 15 is 0 Å². The lowest BCUT2D eigenvalue weighted by Gasteiger charge is -2.16. The zero-order valence-electron chi connectivity index (χ0n) is 16.5. The van der Waals surface area contributed by atoms with Gasteiger partial charge in [0.15, 0.2) is 0 Å². The van der Waals surface area contributed by atoms with E-state index in [2.05, 4.69) is 13.8 Å². The van der Waals surface area contributed by atoms with Gasteiger partial charge in [-0.1, -0.05) is 52.4 Å². The fourth-order valence-electron chi connectivity index (χ4n) is 2.61. The minimum Gasteiger partial charge on any atom is -0.466 e. The molecule has 1 atom stereocenters. The van der Waals surface area contributed by atoms with Crippen LogP contribution in [0.25, 0.3) is 0 Å². The minimum absolute atomic E-state index is 0.103. The molecule has 0 aromatic heterocycles. The second kappa shape index (κ2) is 17.7. The number of ether oxygens (including phenoxy) is 3. The molecule has 0 saturated heterocycles. The van der Waals surface area contributed by atoms with E-state index in [0.29, 0.717) is 19.1 Å². The monoisotopic (exact) mass is 358 g/mol. The van der Waals surface area contributed by atoms with Gasteiger partial charge >= 0.3 is 11.9 Å². The third-order valence-electron chi connectivity index (χ3n) is 4.28. The van der Waals surface area contributed by atoms with Crippen molar-refractivity contribution in [2.24, 2.45) is 5.92 Å². The van der Waals surface area contributed by atoms with Gasteiger partial charge in [-0.05, 0) is 25.2 Å². The first-order valence-corrected chi connectivity index (χ1v) is 9.94. The van der Waals surface area contributed by atoms with Crippen LogP contribution in [-0.4, -0.2) is 38.9 Å². The molecule has 1 unspecified atom stereocenters. The van der Waals surface area contributed by atoms with E-state index < -0.39 is 0 Å². The molecule has 0 aliphatic heterocycles. The molecule has 0 spiro atoms. The number of esters is 2. The maximum absolute atomic E-state index is 11.7. The van der Waals surface area contributed by atoms with Crippen molar-refractivity contribution in [3.63, 3.8) is 0 Å². The molecule has 5 nitrogen and oxygen atoms in total. The Bertz CT molecular complexity index is 322. The molecule has 0 fully saturated rings. The van der Waals surface area contributed by atoms with Crippen LogP contribution < -0.4 is 0 Å². The summed E-state index contributed by atoms with van der Waals surface area (Å²) in [6.45, 7) is 5.93. The molecule has 0 N–H and O–H groups in total. The Morgan fingerprint density at radius 1 is 0.720 bits per heavy atom. The highest BCUT2D eigenvalue weighted by molar-refractivity contribution is 5.77. The molecule has 0 amide bonds. The standard InChI is InChI=1S/C20H38O5/c1-4-6-8-9-15-24-19(21)11-12-20(22)25-17-14-18(10-7-5-2)13-16-23-3/h18H,4-17H2,1-3H3. The van der Waals surface area contributed by atoms with Crippen molar-refractivity contribution >= 4 is 11.9 Å². The maximum atomic E-state index is 11.7. The van der Waals surface area contributed by atoms with Crippen LogP contribution in [0.2, 0.25) is 0 Å². The van der Waals surface area contributed by atoms with E-state index in [9.17, 15) is 9.59 Å². The average molecular weight is 359 g/mol. The number of unbranched alkanes of at least 4 members (excludes halogenated alkanes) is 4. The number of hydrogen-bond donors (Lipinski definition) is 0. The van der Waals surface area contributed by atoms with Crippen molar-refractivity contribution in [2.45, 2.75) is 84.5 Å². The van der Waals surface area contributed by atoms with Crippen LogP contribution in [-0.2, 0) is 23.8 Å². The van der Waals surface area contributed by atoms with Crippen molar-refractivity contribution in [1.29, 1.82) is 0 Å². The van der Waals surface area contributed by atoms with Gasteiger partial charge in [-0.25, -0.2) is 0 Å². The molecular formula is C20H38O5. The highest BCUT2D eigenvalue weighted by Crippen LogP contribution is 2.17. The molecule has 0 aromatic rings. The highest BCUT2D eigenvalue weighted by atomic mass is 16.5. The van der Waals surface area contributed by atoms with Gasteiger partial charge in [0.05, 0.1) is 26.1 Å². The Morgan fingerprint density at radius 2 is 1.32 bits per heavy atom. The lowest BCUT2D eigenvalue weighted by atomic mass is 9.96. The van der Waals surface area contributed by atoms with Crippen molar-refractivity contribution in [2.75, 3.05) is 26.9 Å². The fraction of sp³-hybridized carbons (Fsp3) is 0.900. The summed E-state index contributed by atoms with van der Waals surface area (Å²) in [5.41, 5.74) is 0. The molecule has 0 saturated carbocycles. The quantitative estimate of drug-likeness (QED) is 0.279. The maximum Gasteiger partial charge on any atom is 0.306 e. The predicted molar refractivity (Wildman–Crippen MR) is 99.4 cm³/mol. The van der Waals surface area contributed by atoms with Crippen LogP contribution in [0.3, 0.4) is 0 Å². The van der Waals surface area contributed by atoms with Gasteiger partial charge in [-0.2, -0.15) is 0 Å². The Morgan fingerprint density at radius 3 is 1.92 bits per heavy atom. The number of rotatable bonds is 17. The van der Waals surface area contributed by atoms with Crippen molar-refractivity contribution in [3.8, 4) is 0 Å². The second-order valence-corrected chi connectivity index (χ2v) is 6.58. The third kappa shape index (κ3) is 16.1. The summed E-state index contributed by atoms with van der Waals surface area (Å²) in [5, 5.41) is 0. The highest BCUT2D eigenvalue weighted by Gasteiger charge is 2.12. The van der Waals surface area contributed by atoms with Crippen molar-refractivity contribution in [1.82, 2.24) is 0 Å². The number of carbonyl (C=O) groups excluding carboxylic acids is 2. The van der Waals surface area contributed by atoms with Crippen LogP contribution in [0.1, 0.15) is 84.5 Å². The molecule has 5 heteroatoms. The van der Waals surface area contributed by atoms with E-state index in [0.717, 1.165) is 51.6 Å². The topological polar surface area (TPSA) is 61.8 Å². The molecule has 0 radical (unpaired) electrons. The van der Waals surface area contributed by atoms with Gasteiger partial charge in [0.1, 0.15) is 0 Å². The molecule has 0 rings (SSSR count). The van der Waals surface area contributed by atoms with Crippen LogP contribution in [0.4, 0.5) is 0 Å². The van der Waals surface area contributed by atoms with Crippen molar-refractivity contribution in [3.05, 3.63) is 0 Å². The lowest BCUT2D eigenvalue weighted by molar-refractivity contribution is -0.150. The van der Waals surface area contributed by atoms with Crippen LogP contribution in [0, 0.1) is 5.92 Å². The first kappa shape index (κ1) is 23.9. The Balaban J connectivity index is 3.73. The van der Waals surface area contributed by atoms with Gasteiger partial charge in [-0.3, -0.25) is 9.59 Å². The summed E-state index contributed by atoms with van der Waals surface area (Å²) < 4.78 is 15.5. The Hall–Kier alpha value is -1.10. The van der Waals surface area contributed by atoms with E-state index in [1.54, 1.807) is 7.11 Å². The third-order valence-corrected chi connectivity index (χ3v) is 4.28. The second-order valence-electron chi connectivity index (χ2n) is 6.58. The van der Waals surface area contributed by atoms with Gasteiger partial charge < -0.3 is 14.2 Å². The molecule has 0 aromatic carbocycles. The molecule has 148 valence electrons. The van der Waals surface area contributed by atoms with Crippen LogP contribution in [0.15, 0.2) is 0 Å². The lowest BCUT2D eigenvalue weighted by Crippen LogP contribution is -2.14. The normalized spacial score (nSPS) is 12.0. The first-order chi connectivity index (χ1) is 12.1. The molecule has 0 aliphatic carbocycles.